The van der Waals surface area contributed by atoms with Crippen LogP contribution in [0.2, 0.25) is 5.02 Å². The van der Waals surface area contributed by atoms with Gasteiger partial charge in [0.1, 0.15) is 0 Å². The van der Waals surface area contributed by atoms with Gasteiger partial charge in [0, 0.05) is 29.8 Å². The maximum absolute atomic E-state index is 8.84. The van der Waals surface area contributed by atoms with Gasteiger partial charge in [0.25, 0.3) is 0 Å². The number of hydrogen-bond acceptors (Lipinski definition) is 3. The molecule has 0 radical (unpaired) electrons. The van der Waals surface area contributed by atoms with Gasteiger partial charge >= 0.3 is 0 Å². The Kier molecular flexibility index (Phi) is 4.46. The summed E-state index contributed by atoms with van der Waals surface area (Å²) in [5.74, 6) is 0. The Morgan fingerprint density at radius 3 is 3.17 bits per heavy atom. The highest BCUT2D eigenvalue weighted by Crippen LogP contribution is 2.27. The number of halogens is 1. The second-order valence-corrected chi connectivity index (χ2v) is 5.10. The first-order chi connectivity index (χ1) is 8.72. The van der Waals surface area contributed by atoms with Crippen LogP contribution in [0.25, 0.3) is 0 Å². The van der Waals surface area contributed by atoms with Crippen LogP contribution >= 0.6 is 11.6 Å². The largest absolute Gasteiger partial charge is 0.370 e. The third-order valence-electron chi connectivity index (χ3n) is 3.40. The van der Waals surface area contributed by atoms with Crippen LogP contribution in [0.5, 0.6) is 0 Å². The van der Waals surface area contributed by atoms with E-state index in [2.05, 4.69) is 29.3 Å². The molecule has 2 rings (SSSR count). The predicted octanol–water partition coefficient (Wildman–Crippen LogP) is 2.73. The van der Waals surface area contributed by atoms with Crippen LogP contribution in [-0.4, -0.2) is 25.7 Å². The van der Waals surface area contributed by atoms with E-state index in [-0.39, 0.29) is 6.04 Å². The molecule has 0 amide bonds. The highest BCUT2D eigenvalue weighted by Gasteiger charge is 2.19. The van der Waals surface area contributed by atoms with E-state index in [0.717, 1.165) is 36.6 Å². The molecule has 0 aliphatic carbocycles. The first-order valence-corrected chi connectivity index (χ1v) is 6.70. The Morgan fingerprint density at radius 2 is 2.39 bits per heavy atom. The zero-order valence-electron chi connectivity index (χ0n) is 10.6. The van der Waals surface area contributed by atoms with Crippen molar-refractivity contribution < 1.29 is 0 Å². The van der Waals surface area contributed by atoms with Crippen molar-refractivity contribution in [3.8, 4) is 6.07 Å². The third kappa shape index (κ3) is 2.95. The molecule has 1 heterocycles. The van der Waals surface area contributed by atoms with Crippen molar-refractivity contribution in [1.29, 1.82) is 5.26 Å². The van der Waals surface area contributed by atoms with Crippen molar-refractivity contribution in [3.63, 3.8) is 0 Å². The molecule has 96 valence electrons. The summed E-state index contributed by atoms with van der Waals surface area (Å²) in [5.41, 5.74) is 2.31. The lowest BCUT2D eigenvalue weighted by atomic mass is 10.1. The van der Waals surface area contributed by atoms with Crippen LogP contribution in [0.4, 0.5) is 5.69 Å². The maximum atomic E-state index is 8.84. The molecule has 1 aromatic rings. The summed E-state index contributed by atoms with van der Waals surface area (Å²) in [6, 6.07) is 8.51. The Bertz CT molecular complexity index is 453. The Balaban J connectivity index is 2.20. The minimum absolute atomic E-state index is 0.246. The van der Waals surface area contributed by atoms with Crippen LogP contribution in [0.1, 0.15) is 18.4 Å². The average Bonchev–Trinajstić information content (AvgIpc) is 2.59. The molecule has 1 saturated heterocycles. The van der Waals surface area contributed by atoms with Crippen molar-refractivity contribution in [2.24, 2.45) is 0 Å². The van der Waals surface area contributed by atoms with Gasteiger partial charge in [-0.25, -0.2) is 0 Å². The first-order valence-electron chi connectivity index (χ1n) is 6.32. The normalized spacial score (nSPS) is 20.3. The molecule has 1 fully saturated rings. The van der Waals surface area contributed by atoms with E-state index in [0.29, 0.717) is 6.42 Å². The topological polar surface area (TPSA) is 39.1 Å². The monoisotopic (exact) mass is 263 g/mol. The molecule has 1 aliphatic rings. The van der Waals surface area contributed by atoms with Gasteiger partial charge in [-0.15, -0.1) is 0 Å². The molecule has 1 N–H and O–H groups in total. The predicted molar refractivity (Wildman–Crippen MR) is 75.0 cm³/mol. The maximum Gasteiger partial charge on any atom is 0.0638 e. The van der Waals surface area contributed by atoms with Crippen LogP contribution in [-0.2, 0) is 0 Å². The van der Waals surface area contributed by atoms with E-state index in [4.69, 9.17) is 16.9 Å². The average molecular weight is 264 g/mol. The number of nitrogens with zero attached hydrogens (tertiary/aromatic N) is 2. The summed E-state index contributed by atoms with van der Waals surface area (Å²) < 4.78 is 0. The van der Waals surface area contributed by atoms with E-state index < -0.39 is 0 Å². The summed E-state index contributed by atoms with van der Waals surface area (Å²) in [4.78, 5) is 2.34. The second-order valence-electron chi connectivity index (χ2n) is 4.70. The van der Waals surface area contributed by atoms with E-state index >= 15 is 0 Å². The molecular weight excluding hydrogens is 246 g/mol. The van der Waals surface area contributed by atoms with Crippen molar-refractivity contribution >= 4 is 17.3 Å². The molecule has 1 aromatic carbocycles. The molecule has 0 bridgehead atoms. The number of anilines is 1. The SMILES string of the molecule is Cc1c(Cl)cccc1N1CCCNC(CC#N)C1. The molecule has 0 saturated carbocycles. The lowest BCUT2D eigenvalue weighted by molar-refractivity contribution is 0.552. The van der Waals surface area contributed by atoms with E-state index in [1.807, 2.05) is 12.1 Å². The van der Waals surface area contributed by atoms with Gasteiger partial charge in [-0.3, -0.25) is 0 Å². The molecule has 1 aliphatic heterocycles. The molecule has 1 unspecified atom stereocenters. The number of benzene rings is 1. The highest BCUT2D eigenvalue weighted by atomic mass is 35.5. The summed E-state index contributed by atoms with van der Waals surface area (Å²) >= 11 is 6.18. The van der Waals surface area contributed by atoms with Crippen molar-refractivity contribution in [3.05, 3.63) is 28.8 Å². The Hall–Kier alpha value is -1.24. The smallest absolute Gasteiger partial charge is 0.0638 e. The highest BCUT2D eigenvalue weighted by molar-refractivity contribution is 6.31. The summed E-state index contributed by atoms with van der Waals surface area (Å²) in [6.07, 6.45) is 1.64. The quantitative estimate of drug-likeness (QED) is 0.892. The van der Waals surface area contributed by atoms with Crippen molar-refractivity contribution in [1.82, 2.24) is 5.32 Å². The van der Waals surface area contributed by atoms with E-state index in [1.54, 1.807) is 0 Å². The zero-order chi connectivity index (χ0) is 13.0. The summed E-state index contributed by atoms with van der Waals surface area (Å²) in [5, 5.41) is 13.1. The van der Waals surface area contributed by atoms with Gasteiger partial charge in [-0.2, -0.15) is 5.26 Å². The minimum Gasteiger partial charge on any atom is -0.370 e. The minimum atomic E-state index is 0.246. The third-order valence-corrected chi connectivity index (χ3v) is 3.81. The molecular formula is C14H18ClN3. The van der Waals surface area contributed by atoms with Gasteiger partial charge in [-0.05, 0) is 37.6 Å². The lowest BCUT2D eigenvalue weighted by Crippen LogP contribution is -2.37. The zero-order valence-corrected chi connectivity index (χ0v) is 11.4. The Labute approximate surface area is 113 Å². The van der Waals surface area contributed by atoms with Crippen LogP contribution in [0.15, 0.2) is 18.2 Å². The first kappa shape index (κ1) is 13.2. The van der Waals surface area contributed by atoms with Gasteiger partial charge in [0.2, 0.25) is 0 Å². The summed E-state index contributed by atoms with van der Waals surface area (Å²) in [6.45, 7) is 4.91. The van der Waals surface area contributed by atoms with Crippen LogP contribution in [0, 0.1) is 18.3 Å². The number of nitriles is 1. The Morgan fingerprint density at radius 1 is 1.56 bits per heavy atom. The number of rotatable bonds is 2. The number of nitrogens with one attached hydrogen (secondary N) is 1. The fourth-order valence-corrected chi connectivity index (χ4v) is 2.57. The lowest BCUT2D eigenvalue weighted by Gasteiger charge is -2.27. The van der Waals surface area contributed by atoms with E-state index in [1.165, 1.54) is 5.69 Å². The van der Waals surface area contributed by atoms with Gasteiger partial charge in [0.15, 0.2) is 0 Å². The molecule has 4 heteroatoms. The summed E-state index contributed by atoms with van der Waals surface area (Å²) in [7, 11) is 0. The van der Waals surface area contributed by atoms with Gasteiger partial charge in [0.05, 0.1) is 12.5 Å². The fraction of sp³-hybridized carbons (Fsp3) is 0.500. The number of hydrogen-bond donors (Lipinski definition) is 1. The molecule has 0 spiro atoms. The molecule has 18 heavy (non-hydrogen) atoms. The molecule has 0 aromatic heterocycles. The van der Waals surface area contributed by atoms with Gasteiger partial charge < -0.3 is 10.2 Å². The van der Waals surface area contributed by atoms with Crippen molar-refractivity contribution in [2.45, 2.75) is 25.8 Å². The van der Waals surface area contributed by atoms with E-state index in [9.17, 15) is 0 Å². The molecule has 1 atom stereocenters. The second kappa shape index (κ2) is 6.08. The van der Waals surface area contributed by atoms with Crippen LogP contribution in [0.3, 0.4) is 0 Å². The van der Waals surface area contributed by atoms with Crippen LogP contribution < -0.4 is 10.2 Å². The van der Waals surface area contributed by atoms with Crippen molar-refractivity contribution in [2.75, 3.05) is 24.5 Å². The standard InChI is InChI=1S/C14H18ClN3/c1-11-13(15)4-2-5-14(11)18-9-3-8-17-12(10-18)6-7-16/h2,4-5,12,17H,3,6,8-10H2,1H3. The molecule has 3 nitrogen and oxygen atoms in total. The fourth-order valence-electron chi connectivity index (χ4n) is 2.40. The van der Waals surface area contributed by atoms with Gasteiger partial charge in [-0.1, -0.05) is 17.7 Å².